The molecule has 0 radical (unpaired) electrons. The van der Waals surface area contributed by atoms with Crippen LogP contribution in [0.25, 0.3) is 11.0 Å². The normalized spacial score (nSPS) is 17.5. The standard InChI is InChI=1S/C25H23N7O3/c26-14-15-9-11-27-21(13-15)30-25(34)16-1-7-19(8-2-16)35-20-10-12-28-23-22(20)24(32-31-23)29-17-3-5-18(33)6-4-17/h1-2,7-13,17-18,33H,3-6H2,(H,27,30,34)(H2,28,29,31,32)/t17-,18-. The first kappa shape index (κ1) is 22.3. The molecule has 1 saturated carbocycles. The van der Waals surface area contributed by atoms with Crippen LogP contribution >= 0.6 is 0 Å². The number of fused-ring (bicyclic) bond motifs is 1. The number of pyridine rings is 2. The summed E-state index contributed by atoms with van der Waals surface area (Å²) < 4.78 is 6.12. The van der Waals surface area contributed by atoms with Crippen molar-refractivity contribution in [1.82, 2.24) is 20.2 Å². The number of amides is 1. The molecule has 0 spiro atoms. The van der Waals surface area contributed by atoms with E-state index in [0.717, 1.165) is 31.1 Å². The molecule has 5 rings (SSSR count). The number of ether oxygens (including phenoxy) is 1. The van der Waals surface area contributed by atoms with Crippen LogP contribution in [0.15, 0.2) is 54.9 Å². The number of rotatable bonds is 6. The molecule has 0 bridgehead atoms. The second kappa shape index (κ2) is 9.79. The molecule has 10 nitrogen and oxygen atoms in total. The average molecular weight is 470 g/mol. The molecule has 1 aliphatic carbocycles. The average Bonchev–Trinajstić information content (AvgIpc) is 3.29. The van der Waals surface area contributed by atoms with E-state index in [1.807, 2.05) is 6.07 Å². The highest BCUT2D eigenvalue weighted by atomic mass is 16.5. The third-order valence-corrected chi connectivity index (χ3v) is 5.94. The number of hydrogen-bond acceptors (Lipinski definition) is 8. The van der Waals surface area contributed by atoms with Gasteiger partial charge in [0, 0.05) is 30.1 Å². The van der Waals surface area contributed by atoms with E-state index in [0.29, 0.717) is 39.9 Å². The molecular weight excluding hydrogens is 446 g/mol. The van der Waals surface area contributed by atoms with Crippen LogP contribution in [0.3, 0.4) is 0 Å². The number of aromatic nitrogens is 4. The van der Waals surface area contributed by atoms with Crippen LogP contribution in [0.2, 0.25) is 0 Å². The van der Waals surface area contributed by atoms with Crippen molar-refractivity contribution in [3.05, 3.63) is 66.0 Å². The van der Waals surface area contributed by atoms with Gasteiger partial charge in [-0.1, -0.05) is 0 Å². The van der Waals surface area contributed by atoms with Gasteiger partial charge in [0.2, 0.25) is 0 Å². The Bertz CT molecular complexity index is 1390. The fraction of sp³-hybridized carbons (Fsp3) is 0.240. The number of nitrogens with zero attached hydrogens (tertiary/aromatic N) is 4. The first-order valence-corrected chi connectivity index (χ1v) is 11.3. The van der Waals surface area contributed by atoms with Crippen LogP contribution < -0.4 is 15.4 Å². The maximum atomic E-state index is 12.6. The second-order valence-electron chi connectivity index (χ2n) is 8.38. The molecule has 4 aromatic rings. The molecule has 0 saturated heterocycles. The van der Waals surface area contributed by atoms with Crippen LogP contribution in [0.1, 0.15) is 41.6 Å². The van der Waals surface area contributed by atoms with E-state index in [9.17, 15) is 9.90 Å². The highest BCUT2D eigenvalue weighted by Crippen LogP contribution is 2.34. The molecule has 3 aromatic heterocycles. The molecule has 1 aromatic carbocycles. The predicted molar refractivity (Wildman–Crippen MR) is 129 cm³/mol. The van der Waals surface area contributed by atoms with Crippen molar-refractivity contribution in [3.63, 3.8) is 0 Å². The van der Waals surface area contributed by atoms with Gasteiger partial charge in [-0.3, -0.25) is 9.89 Å². The van der Waals surface area contributed by atoms with Crippen molar-refractivity contribution in [2.24, 2.45) is 0 Å². The zero-order chi connectivity index (χ0) is 24.2. The quantitative estimate of drug-likeness (QED) is 0.331. The minimum absolute atomic E-state index is 0.221. The molecule has 176 valence electrons. The van der Waals surface area contributed by atoms with Crippen LogP contribution in [-0.4, -0.2) is 43.3 Å². The van der Waals surface area contributed by atoms with E-state index in [4.69, 9.17) is 10.00 Å². The van der Waals surface area contributed by atoms with Gasteiger partial charge in [0.15, 0.2) is 11.5 Å². The van der Waals surface area contributed by atoms with E-state index in [-0.39, 0.29) is 18.1 Å². The summed E-state index contributed by atoms with van der Waals surface area (Å²) in [5.74, 6) is 1.75. The molecule has 3 heterocycles. The van der Waals surface area contributed by atoms with Crippen molar-refractivity contribution >= 4 is 28.6 Å². The molecular formula is C25H23N7O3. The molecule has 35 heavy (non-hydrogen) atoms. The number of anilines is 2. The van der Waals surface area contributed by atoms with Crippen molar-refractivity contribution < 1.29 is 14.6 Å². The Morgan fingerprint density at radius 1 is 1.09 bits per heavy atom. The summed E-state index contributed by atoms with van der Waals surface area (Å²) >= 11 is 0. The maximum absolute atomic E-state index is 12.6. The van der Waals surface area contributed by atoms with E-state index in [1.165, 1.54) is 12.3 Å². The van der Waals surface area contributed by atoms with E-state index >= 15 is 0 Å². The fourth-order valence-corrected chi connectivity index (χ4v) is 4.08. The van der Waals surface area contributed by atoms with E-state index in [1.54, 1.807) is 42.6 Å². The van der Waals surface area contributed by atoms with Gasteiger partial charge in [-0.05, 0) is 62.1 Å². The van der Waals surface area contributed by atoms with Gasteiger partial charge in [-0.2, -0.15) is 10.4 Å². The van der Waals surface area contributed by atoms with Gasteiger partial charge >= 0.3 is 0 Å². The lowest BCUT2D eigenvalue weighted by Crippen LogP contribution is -2.28. The molecule has 4 N–H and O–H groups in total. The Labute approximate surface area is 201 Å². The number of nitriles is 1. The highest BCUT2D eigenvalue weighted by Gasteiger charge is 2.22. The number of hydrogen-bond donors (Lipinski definition) is 4. The Hall–Kier alpha value is -4.49. The summed E-state index contributed by atoms with van der Waals surface area (Å²) in [6.45, 7) is 0. The van der Waals surface area contributed by atoms with Gasteiger partial charge in [0.1, 0.15) is 22.7 Å². The Kier molecular flexibility index (Phi) is 6.24. The predicted octanol–water partition coefficient (Wildman–Crippen LogP) is 3.98. The molecule has 0 aliphatic heterocycles. The lowest BCUT2D eigenvalue weighted by Gasteiger charge is -2.26. The van der Waals surface area contributed by atoms with Crippen molar-refractivity contribution in [3.8, 4) is 17.6 Å². The summed E-state index contributed by atoms with van der Waals surface area (Å²) in [6, 6.07) is 13.8. The summed E-state index contributed by atoms with van der Waals surface area (Å²) in [6.07, 6.45) is 6.15. The zero-order valence-corrected chi connectivity index (χ0v) is 18.7. The van der Waals surface area contributed by atoms with Crippen LogP contribution in [0.4, 0.5) is 11.6 Å². The number of carbonyl (C=O) groups is 1. The van der Waals surface area contributed by atoms with Crippen molar-refractivity contribution in [1.29, 1.82) is 5.26 Å². The number of aliphatic hydroxyl groups excluding tert-OH is 1. The minimum atomic E-state index is -0.343. The molecule has 1 amide bonds. The fourth-order valence-electron chi connectivity index (χ4n) is 4.08. The third-order valence-electron chi connectivity index (χ3n) is 5.94. The lowest BCUT2D eigenvalue weighted by molar-refractivity contribution is 0.102. The van der Waals surface area contributed by atoms with Gasteiger partial charge < -0.3 is 20.5 Å². The van der Waals surface area contributed by atoms with E-state index in [2.05, 4.69) is 30.8 Å². The molecule has 0 atom stereocenters. The highest BCUT2D eigenvalue weighted by molar-refractivity contribution is 6.03. The first-order valence-electron chi connectivity index (χ1n) is 11.3. The van der Waals surface area contributed by atoms with Crippen molar-refractivity contribution in [2.75, 3.05) is 10.6 Å². The van der Waals surface area contributed by atoms with Gasteiger partial charge in [0.25, 0.3) is 5.91 Å². The Morgan fingerprint density at radius 2 is 1.86 bits per heavy atom. The van der Waals surface area contributed by atoms with Crippen LogP contribution in [-0.2, 0) is 0 Å². The Morgan fingerprint density at radius 3 is 2.63 bits per heavy atom. The topological polar surface area (TPSA) is 149 Å². The first-order chi connectivity index (χ1) is 17.1. The molecule has 10 heteroatoms. The smallest absolute Gasteiger partial charge is 0.256 e. The number of H-pyrrole nitrogens is 1. The third kappa shape index (κ3) is 5.05. The Balaban J connectivity index is 1.30. The van der Waals surface area contributed by atoms with E-state index < -0.39 is 0 Å². The summed E-state index contributed by atoms with van der Waals surface area (Å²) in [5.41, 5.74) is 1.44. The number of aromatic amines is 1. The van der Waals surface area contributed by atoms with Gasteiger partial charge in [-0.25, -0.2) is 9.97 Å². The van der Waals surface area contributed by atoms with Crippen molar-refractivity contribution in [2.45, 2.75) is 37.8 Å². The van der Waals surface area contributed by atoms with Gasteiger partial charge in [0.05, 0.1) is 17.7 Å². The number of aliphatic hydroxyl groups is 1. The molecule has 0 unspecified atom stereocenters. The van der Waals surface area contributed by atoms with Gasteiger partial charge in [-0.15, -0.1) is 0 Å². The number of carbonyl (C=O) groups excluding carboxylic acids is 1. The SMILES string of the molecule is N#Cc1ccnc(NC(=O)c2ccc(Oc3ccnc4[nH]nc(N[C@H]5CC[C@H](O)CC5)c34)cc2)c1. The minimum Gasteiger partial charge on any atom is -0.456 e. The summed E-state index contributed by atoms with van der Waals surface area (Å²) in [7, 11) is 0. The van der Waals surface area contributed by atoms with Crippen LogP contribution in [0.5, 0.6) is 11.5 Å². The molecule has 1 aliphatic rings. The number of nitrogens with one attached hydrogen (secondary N) is 3. The number of benzene rings is 1. The molecule has 1 fully saturated rings. The monoisotopic (exact) mass is 469 g/mol. The maximum Gasteiger partial charge on any atom is 0.256 e. The van der Waals surface area contributed by atoms with Crippen LogP contribution in [0, 0.1) is 11.3 Å². The summed E-state index contributed by atoms with van der Waals surface area (Å²) in [4.78, 5) is 21.0. The summed E-state index contributed by atoms with van der Waals surface area (Å²) in [5, 5.41) is 33.0. The largest absolute Gasteiger partial charge is 0.456 e. The second-order valence-corrected chi connectivity index (χ2v) is 8.38. The zero-order valence-electron chi connectivity index (χ0n) is 18.7. The lowest BCUT2D eigenvalue weighted by atomic mass is 9.93.